The SMILES string of the molecule is O=C(O)CN1CCC2(CC1)CN(c1ccc([C@@H]3c4ccc(O)cc4CC[C@@H]3c3ccc(F)cc3)cc1)C2. The minimum Gasteiger partial charge on any atom is -0.508 e. The summed E-state index contributed by atoms with van der Waals surface area (Å²) in [4.78, 5) is 15.5. The number of anilines is 1. The Morgan fingerprint density at radius 1 is 0.946 bits per heavy atom. The van der Waals surface area contributed by atoms with E-state index >= 15 is 0 Å². The Kier molecular flexibility index (Phi) is 6.15. The zero-order valence-electron chi connectivity index (χ0n) is 20.9. The summed E-state index contributed by atoms with van der Waals surface area (Å²) in [5.41, 5.74) is 6.34. The fraction of sp³-hybridized carbons (Fsp3) is 0.387. The number of rotatable bonds is 5. The predicted molar refractivity (Wildman–Crippen MR) is 142 cm³/mol. The van der Waals surface area contributed by atoms with Crippen LogP contribution in [0.4, 0.5) is 10.1 Å². The standard InChI is InChI=1S/C31H33FN2O3/c32-24-6-1-21(2-7-24)27-11-5-23-17-26(35)10-12-28(23)30(27)22-3-8-25(9-4-22)34-19-31(20-34)13-15-33(16-14-31)18-29(36)37/h1-4,6-10,12,17,27,30,35H,5,11,13-16,18-20H2,(H,36,37)/t27-,30+/m1/s1. The second kappa shape index (κ2) is 9.49. The van der Waals surface area contributed by atoms with Gasteiger partial charge in [-0.05, 0) is 103 Å². The highest BCUT2D eigenvalue weighted by Crippen LogP contribution is 2.48. The molecule has 2 heterocycles. The maximum atomic E-state index is 13.7. The molecule has 2 fully saturated rings. The molecule has 37 heavy (non-hydrogen) atoms. The lowest BCUT2D eigenvalue weighted by Gasteiger charge is -2.55. The number of fused-ring (bicyclic) bond motifs is 1. The Balaban J connectivity index is 1.20. The molecule has 0 amide bonds. The van der Waals surface area contributed by atoms with Crippen LogP contribution < -0.4 is 4.90 Å². The minimum absolute atomic E-state index is 0.143. The third-order valence-electron chi connectivity index (χ3n) is 8.83. The van der Waals surface area contributed by atoms with E-state index in [1.165, 1.54) is 22.4 Å². The summed E-state index contributed by atoms with van der Waals surface area (Å²) >= 11 is 0. The van der Waals surface area contributed by atoms with Gasteiger partial charge >= 0.3 is 5.97 Å². The van der Waals surface area contributed by atoms with Crippen molar-refractivity contribution < 1.29 is 19.4 Å². The summed E-state index contributed by atoms with van der Waals surface area (Å²) in [5.74, 6) is -0.276. The summed E-state index contributed by atoms with van der Waals surface area (Å²) in [7, 11) is 0. The first-order valence-electron chi connectivity index (χ1n) is 13.3. The van der Waals surface area contributed by atoms with Gasteiger partial charge in [-0.3, -0.25) is 9.69 Å². The van der Waals surface area contributed by atoms with Gasteiger partial charge in [0.2, 0.25) is 0 Å². The molecule has 2 atom stereocenters. The quantitative estimate of drug-likeness (QED) is 0.493. The number of phenols is 1. The molecule has 5 nitrogen and oxygen atoms in total. The zero-order valence-corrected chi connectivity index (χ0v) is 20.9. The van der Waals surface area contributed by atoms with Crippen LogP contribution in [0.15, 0.2) is 66.7 Å². The molecule has 2 N–H and O–H groups in total. The van der Waals surface area contributed by atoms with Gasteiger partial charge < -0.3 is 15.1 Å². The highest BCUT2D eigenvalue weighted by Gasteiger charge is 2.45. The minimum atomic E-state index is -0.745. The number of carbonyl (C=O) groups is 1. The first-order valence-corrected chi connectivity index (χ1v) is 13.3. The highest BCUT2D eigenvalue weighted by atomic mass is 19.1. The van der Waals surface area contributed by atoms with Gasteiger partial charge in [0.1, 0.15) is 11.6 Å². The average Bonchev–Trinajstić information content (AvgIpc) is 2.87. The van der Waals surface area contributed by atoms with Gasteiger partial charge in [0.05, 0.1) is 6.54 Å². The monoisotopic (exact) mass is 500 g/mol. The molecule has 6 heteroatoms. The van der Waals surface area contributed by atoms with E-state index in [-0.39, 0.29) is 24.2 Å². The lowest BCUT2D eigenvalue weighted by molar-refractivity contribution is -0.139. The fourth-order valence-electron chi connectivity index (χ4n) is 6.82. The van der Waals surface area contributed by atoms with E-state index < -0.39 is 5.97 Å². The Bertz CT molecular complexity index is 1270. The Labute approximate surface area is 217 Å². The summed E-state index contributed by atoms with van der Waals surface area (Å²) in [6.07, 6.45) is 3.95. The van der Waals surface area contributed by atoms with E-state index in [1.54, 1.807) is 18.2 Å². The zero-order chi connectivity index (χ0) is 25.6. The van der Waals surface area contributed by atoms with E-state index in [4.69, 9.17) is 5.11 Å². The van der Waals surface area contributed by atoms with Crippen molar-refractivity contribution in [3.05, 3.63) is 94.8 Å². The molecule has 0 bridgehead atoms. The van der Waals surface area contributed by atoms with Crippen molar-refractivity contribution in [1.82, 2.24) is 4.90 Å². The maximum Gasteiger partial charge on any atom is 0.317 e. The van der Waals surface area contributed by atoms with Crippen LogP contribution in [0.2, 0.25) is 0 Å². The van der Waals surface area contributed by atoms with Gasteiger partial charge in [0.15, 0.2) is 0 Å². The lowest BCUT2D eigenvalue weighted by atomic mass is 9.69. The maximum absolute atomic E-state index is 13.7. The molecule has 0 aromatic heterocycles. The van der Waals surface area contributed by atoms with Crippen LogP contribution in [0, 0.1) is 11.2 Å². The molecule has 6 rings (SSSR count). The van der Waals surface area contributed by atoms with Crippen LogP contribution in [0.5, 0.6) is 5.75 Å². The molecule has 2 saturated heterocycles. The van der Waals surface area contributed by atoms with Crippen molar-refractivity contribution in [2.45, 2.75) is 37.5 Å². The van der Waals surface area contributed by atoms with Crippen molar-refractivity contribution >= 4 is 11.7 Å². The van der Waals surface area contributed by atoms with Gasteiger partial charge in [0, 0.05) is 30.1 Å². The molecular weight excluding hydrogens is 467 g/mol. The number of likely N-dealkylation sites (tertiary alicyclic amines) is 1. The van der Waals surface area contributed by atoms with E-state index in [1.807, 2.05) is 23.1 Å². The van der Waals surface area contributed by atoms with E-state index in [9.17, 15) is 14.3 Å². The number of phenolic OH excluding ortho intramolecular Hbond substituents is 1. The first-order chi connectivity index (χ1) is 17.9. The van der Waals surface area contributed by atoms with E-state index in [0.29, 0.717) is 11.2 Å². The topological polar surface area (TPSA) is 64.0 Å². The molecule has 0 radical (unpaired) electrons. The van der Waals surface area contributed by atoms with Crippen LogP contribution in [0.3, 0.4) is 0 Å². The van der Waals surface area contributed by atoms with Gasteiger partial charge in [-0.25, -0.2) is 4.39 Å². The van der Waals surface area contributed by atoms with Crippen molar-refractivity contribution in [2.24, 2.45) is 5.41 Å². The number of aliphatic carboxylic acids is 1. The molecule has 0 saturated carbocycles. The van der Waals surface area contributed by atoms with Crippen molar-refractivity contribution in [1.29, 1.82) is 0 Å². The summed E-state index contributed by atoms with van der Waals surface area (Å²) in [6.45, 7) is 3.92. The first kappa shape index (κ1) is 24.0. The summed E-state index contributed by atoms with van der Waals surface area (Å²) in [6, 6.07) is 21.5. The number of benzene rings is 3. The number of aryl methyl sites for hydroxylation is 1. The number of hydrogen-bond acceptors (Lipinski definition) is 4. The third kappa shape index (κ3) is 4.71. The highest BCUT2D eigenvalue weighted by molar-refractivity contribution is 5.69. The molecule has 3 aliphatic rings. The van der Waals surface area contributed by atoms with Crippen LogP contribution in [0.25, 0.3) is 0 Å². The van der Waals surface area contributed by atoms with Crippen LogP contribution in [0.1, 0.15) is 53.4 Å². The number of nitrogens with zero attached hydrogens (tertiary/aromatic N) is 2. The summed E-state index contributed by atoms with van der Waals surface area (Å²) in [5, 5.41) is 19.1. The third-order valence-corrected chi connectivity index (χ3v) is 8.83. The van der Waals surface area contributed by atoms with Crippen LogP contribution in [-0.2, 0) is 11.2 Å². The molecule has 192 valence electrons. The molecular formula is C31H33FN2O3. The van der Waals surface area contributed by atoms with Crippen LogP contribution >= 0.6 is 0 Å². The van der Waals surface area contributed by atoms with Crippen LogP contribution in [-0.4, -0.2) is 53.8 Å². The number of piperidine rings is 1. The largest absolute Gasteiger partial charge is 0.508 e. The summed E-state index contributed by atoms with van der Waals surface area (Å²) < 4.78 is 13.7. The number of carboxylic acid groups (broad SMARTS) is 1. The Morgan fingerprint density at radius 3 is 2.30 bits per heavy atom. The number of carboxylic acids is 1. The van der Waals surface area contributed by atoms with Crippen molar-refractivity contribution in [3.8, 4) is 5.75 Å². The predicted octanol–water partition coefficient (Wildman–Crippen LogP) is 5.38. The number of hydrogen-bond donors (Lipinski definition) is 2. The molecule has 3 aromatic carbocycles. The molecule has 0 unspecified atom stereocenters. The molecule has 1 spiro atoms. The van der Waals surface area contributed by atoms with Crippen molar-refractivity contribution in [3.63, 3.8) is 0 Å². The second-order valence-electron chi connectivity index (χ2n) is 11.2. The Morgan fingerprint density at radius 2 is 1.62 bits per heavy atom. The van der Waals surface area contributed by atoms with E-state index in [0.717, 1.165) is 57.4 Å². The second-order valence-corrected chi connectivity index (χ2v) is 11.2. The van der Waals surface area contributed by atoms with E-state index in [2.05, 4.69) is 35.2 Å². The average molecular weight is 501 g/mol. The smallest absolute Gasteiger partial charge is 0.317 e. The molecule has 2 aliphatic heterocycles. The van der Waals surface area contributed by atoms with Gasteiger partial charge in [0.25, 0.3) is 0 Å². The lowest BCUT2D eigenvalue weighted by Crippen LogP contribution is -2.60. The van der Waals surface area contributed by atoms with Crippen molar-refractivity contribution in [2.75, 3.05) is 37.6 Å². The fourth-order valence-corrected chi connectivity index (χ4v) is 6.82. The molecule has 1 aliphatic carbocycles. The number of halogens is 1. The normalized spacial score (nSPS) is 22.9. The Hall–Kier alpha value is -3.38. The van der Waals surface area contributed by atoms with Gasteiger partial charge in [-0.1, -0.05) is 30.3 Å². The van der Waals surface area contributed by atoms with Gasteiger partial charge in [-0.15, -0.1) is 0 Å². The van der Waals surface area contributed by atoms with Gasteiger partial charge in [-0.2, -0.15) is 0 Å². The molecule has 3 aromatic rings. The number of aromatic hydroxyl groups is 1.